The number of fused-ring (bicyclic) bond motifs is 1. The minimum atomic E-state index is -0.538. The number of carbonyl (C=O) groups excluding carboxylic acids is 2. The van der Waals surface area contributed by atoms with Crippen molar-refractivity contribution in [1.82, 2.24) is 20.4 Å². The molecule has 0 atom stereocenters. The van der Waals surface area contributed by atoms with Crippen molar-refractivity contribution in [3.63, 3.8) is 0 Å². The van der Waals surface area contributed by atoms with Crippen molar-refractivity contribution in [3.05, 3.63) is 34.0 Å². The Balaban J connectivity index is 1.74. The molecule has 0 aliphatic carbocycles. The first-order valence-corrected chi connectivity index (χ1v) is 7.25. The van der Waals surface area contributed by atoms with Crippen LogP contribution in [0.25, 0.3) is 10.9 Å². The third-order valence-corrected chi connectivity index (χ3v) is 3.83. The Kier molecular flexibility index (Phi) is 3.92. The summed E-state index contributed by atoms with van der Waals surface area (Å²) in [5.74, 6) is -0.675. The molecule has 0 spiro atoms. The van der Waals surface area contributed by atoms with Crippen molar-refractivity contribution in [2.24, 2.45) is 0 Å². The molecule has 0 saturated carbocycles. The van der Waals surface area contributed by atoms with Gasteiger partial charge in [0.1, 0.15) is 0 Å². The zero-order valence-electron chi connectivity index (χ0n) is 12.2. The van der Waals surface area contributed by atoms with E-state index in [4.69, 9.17) is 0 Å². The number of aromatic amines is 1. The number of non-ortho nitro benzene ring substituents is 1. The number of nitro benzene ring substituents is 1. The summed E-state index contributed by atoms with van der Waals surface area (Å²) in [5.41, 5.74) is 0.436. The van der Waals surface area contributed by atoms with Crippen LogP contribution in [-0.2, 0) is 4.79 Å². The minimum Gasteiger partial charge on any atom is -0.342 e. The molecule has 2 amide bonds. The second-order valence-electron chi connectivity index (χ2n) is 5.33. The molecule has 0 bridgehead atoms. The standard InChI is InChI=1S/C14H15N5O4/c20-12(18-5-1-2-6-18)8-15-14(21)13-10-7-9(19(22)23)3-4-11(10)16-17-13/h3-4,7H,1-2,5-6,8H2,(H,15,21)(H,16,17). The van der Waals surface area contributed by atoms with E-state index in [0.29, 0.717) is 24.0 Å². The lowest BCUT2D eigenvalue weighted by Crippen LogP contribution is -2.38. The van der Waals surface area contributed by atoms with E-state index in [1.807, 2.05) is 0 Å². The molecule has 120 valence electrons. The Morgan fingerprint density at radius 1 is 1.35 bits per heavy atom. The lowest BCUT2D eigenvalue weighted by Gasteiger charge is -2.15. The molecule has 1 aromatic carbocycles. The van der Waals surface area contributed by atoms with Gasteiger partial charge in [0.25, 0.3) is 11.6 Å². The Hall–Kier alpha value is -2.97. The Morgan fingerprint density at radius 3 is 2.78 bits per heavy atom. The van der Waals surface area contributed by atoms with Crippen molar-refractivity contribution >= 4 is 28.4 Å². The van der Waals surface area contributed by atoms with Crippen LogP contribution >= 0.6 is 0 Å². The van der Waals surface area contributed by atoms with Gasteiger partial charge < -0.3 is 10.2 Å². The average molecular weight is 317 g/mol. The molecule has 2 heterocycles. The topological polar surface area (TPSA) is 121 Å². The largest absolute Gasteiger partial charge is 0.342 e. The number of hydrogen-bond acceptors (Lipinski definition) is 5. The van der Waals surface area contributed by atoms with Gasteiger partial charge in [0.2, 0.25) is 5.91 Å². The molecule has 9 nitrogen and oxygen atoms in total. The Bertz CT molecular complexity index is 779. The number of benzene rings is 1. The van der Waals surface area contributed by atoms with Gasteiger partial charge in [-0.05, 0) is 18.9 Å². The summed E-state index contributed by atoms with van der Waals surface area (Å²) < 4.78 is 0. The first-order valence-electron chi connectivity index (χ1n) is 7.25. The SMILES string of the molecule is O=C(NCC(=O)N1CCCC1)c1n[nH]c2ccc([N+](=O)[O-])cc12. The molecule has 3 rings (SSSR count). The van der Waals surface area contributed by atoms with Crippen molar-refractivity contribution < 1.29 is 14.5 Å². The summed E-state index contributed by atoms with van der Waals surface area (Å²) >= 11 is 0. The van der Waals surface area contributed by atoms with E-state index < -0.39 is 10.8 Å². The molecule has 0 unspecified atom stereocenters. The number of amides is 2. The number of likely N-dealkylation sites (tertiary alicyclic amines) is 1. The zero-order valence-corrected chi connectivity index (χ0v) is 12.2. The van der Waals surface area contributed by atoms with E-state index in [0.717, 1.165) is 12.8 Å². The molecular weight excluding hydrogens is 302 g/mol. The molecule has 1 aliphatic rings. The molecule has 2 aromatic rings. The van der Waals surface area contributed by atoms with Gasteiger partial charge in [-0.15, -0.1) is 0 Å². The van der Waals surface area contributed by atoms with E-state index in [9.17, 15) is 19.7 Å². The first kappa shape index (κ1) is 14.9. The van der Waals surface area contributed by atoms with Gasteiger partial charge in [0.05, 0.1) is 17.0 Å². The number of rotatable bonds is 4. The molecular formula is C14H15N5O4. The van der Waals surface area contributed by atoms with Crippen molar-refractivity contribution in [2.75, 3.05) is 19.6 Å². The number of hydrogen-bond donors (Lipinski definition) is 2. The van der Waals surface area contributed by atoms with Crippen LogP contribution in [0.1, 0.15) is 23.3 Å². The average Bonchev–Trinajstić information content (AvgIpc) is 3.20. The summed E-state index contributed by atoms with van der Waals surface area (Å²) in [4.78, 5) is 36.1. The zero-order chi connectivity index (χ0) is 16.4. The maximum absolute atomic E-state index is 12.2. The van der Waals surface area contributed by atoms with Crippen molar-refractivity contribution in [2.45, 2.75) is 12.8 Å². The lowest BCUT2D eigenvalue weighted by atomic mass is 10.2. The highest BCUT2D eigenvalue weighted by Gasteiger charge is 2.21. The predicted molar refractivity (Wildman–Crippen MR) is 80.9 cm³/mol. The summed E-state index contributed by atoms with van der Waals surface area (Å²) in [6, 6.07) is 4.11. The van der Waals surface area contributed by atoms with Crippen molar-refractivity contribution in [3.8, 4) is 0 Å². The van der Waals surface area contributed by atoms with Crippen LogP contribution in [-0.4, -0.2) is 51.5 Å². The molecule has 1 aliphatic heterocycles. The highest BCUT2D eigenvalue weighted by molar-refractivity contribution is 6.06. The lowest BCUT2D eigenvalue weighted by molar-refractivity contribution is -0.384. The smallest absolute Gasteiger partial charge is 0.272 e. The summed E-state index contributed by atoms with van der Waals surface area (Å²) in [6.45, 7) is 1.32. The summed E-state index contributed by atoms with van der Waals surface area (Å²) in [5, 5.41) is 20.2. The summed E-state index contributed by atoms with van der Waals surface area (Å²) in [6.07, 6.45) is 1.96. The van der Waals surface area contributed by atoms with Crippen LogP contribution in [0.2, 0.25) is 0 Å². The molecule has 1 aromatic heterocycles. The van der Waals surface area contributed by atoms with Crippen LogP contribution in [0.3, 0.4) is 0 Å². The van der Waals surface area contributed by atoms with Crippen LogP contribution in [0.5, 0.6) is 0 Å². The van der Waals surface area contributed by atoms with Gasteiger partial charge in [0.15, 0.2) is 5.69 Å². The number of aromatic nitrogens is 2. The predicted octanol–water partition coefficient (Wildman–Crippen LogP) is 0.823. The van der Waals surface area contributed by atoms with Crippen LogP contribution in [0.4, 0.5) is 5.69 Å². The monoisotopic (exact) mass is 317 g/mol. The van der Waals surface area contributed by atoms with Crippen molar-refractivity contribution in [1.29, 1.82) is 0 Å². The maximum atomic E-state index is 12.2. The number of carbonyl (C=O) groups is 2. The van der Waals surface area contributed by atoms with Crippen LogP contribution in [0.15, 0.2) is 18.2 Å². The third-order valence-electron chi connectivity index (χ3n) is 3.83. The quantitative estimate of drug-likeness (QED) is 0.639. The van der Waals surface area contributed by atoms with Crippen LogP contribution < -0.4 is 5.32 Å². The van der Waals surface area contributed by atoms with Gasteiger partial charge in [-0.25, -0.2) is 0 Å². The number of nitrogens with one attached hydrogen (secondary N) is 2. The van der Waals surface area contributed by atoms with E-state index in [2.05, 4.69) is 15.5 Å². The fraction of sp³-hybridized carbons (Fsp3) is 0.357. The fourth-order valence-electron chi connectivity index (χ4n) is 2.61. The van der Waals surface area contributed by atoms with E-state index >= 15 is 0 Å². The Morgan fingerprint density at radius 2 is 2.09 bits per heavy atom. The fourth-order valence-corrected chi connectivity index (χ4v) is 2.61. The van der Waals surface area contributed by atoms with Gasteiger partial charge in [-0.1, -0.05) is 0 Å². The highest BCUT2D eigenvalue weighted by atomic mass is 16.6. The Labute approximate surface area is 130 Å². The highest BCUT2D eigenvalue weighted by Crippen LogP contribution is 2.22. The third kappa shape index (κ3) is 2.98. The molecule has 23 heavy (non-hydrogen) atoms. The maximum Gasteiger partial charge on any atom is 0.272 e. The van der Waals surface area contributed by atoms with Gasteiger partial charge in [-0.2, -0.15) is 5.10 Å². The molecule has 1 saturated heterocycles. The number of nitrogens with zero attached hydrogens (tertiary/aromatic N) is 3. The second kappa shape index (κ2) is 6.03. The number of nitro groups is 1. The molecule has 2 N–H and O–H groups in total. The minimum absolute atomic E-state index is 0.0397. The van der Waals surface area contributed by atoms with E-state index in [1.54, 1.807) is 4.90 Å². The second-order valence-corrected chi connectivity index (χ2v) is 5.33. The molecule has 0 radical (unpaired) electrons. The van der Waals surface area contributed by atoms with Gasteiger partial charge in [0, 0.05) is 30.6 Å². The first-order chi connectivity index (χ1) is 11.1. The van der Waals surface area contributed by atoms with Gasteiger partial charge in [-0.3, -0.25) is 24.8 Å². The molecule has 1 fully saturated rings. The normalized spacial score (nSPS) is 14.2. The number of H-pyrrole nitrogens is 1. The van der Waals surface area contributed by atoms with E-state index in [1.165, 1.54) is 18.2 Å². The molecule has 9 heteroatoms. The summed E-state index contributed by atoms with van der Waals surface area (Å²) in [7, 11) is 0. The van der Waals surface area contributed by atoms with E-state index in [-0.39, 0.29) is 23.8 Å². The van der Waals surface area contributed by atoms with Crippen LogP contribution in [0, 0.1) is 10.1 Å². The van der Waals surface area contributed by atoms with Gasteiger partial charge >= 0.3 is 0 Å².